The molecule has 0 aromatic heterocycles. The van der Waals surface area contributed by atoms with Crippen LogP contribution in [-0.4, -0.2) is 104 Å². The van der Waals surface area contributed by atoms with E-state index in [9.17, 15) is 5.11 Å². The zero-order chi connectivity index (χ0) is 28.6. The van der Waals surface area contributed by atoms with Gasteiger partial charge in [-0.3, -0.25) is 0 Å². The van der Waals surface area contributed by atoms with Crippen LogP contribution in [0.1, 0.15) is 60.3 Å². The maximum absolute atomic E-state index is 10.5. The molecule has 0 heterocycles. The highest BCUT2D eigenvalue weighted by Gasteiger charge is 2.45. The predicted octanol–water partition coefficient (Wildman–Crippen LogP) is 5.63. The minimum atomic E-state index is -2.47. The van der Waals surface area contributed by atoms with Crippen molar-refractivity contribution < 1.29 is 28.2 Å². The first-order valence-electron chi connectivity index (χ1n) is 14.6. The average molecular weight is 582 g/mol. The monoisotopic (exact) mass is 581 g/mol. The molecule has 0 bridgehead atoms. The summed E-state index contributed by atoms with van der Waals surface area (Å²) in [6, 6.07) is 1.93. The van der Waals surface area contributed by atoms with Gasteiger partial charge in [0.1, 0.15) is 0 Å². The fraction of sp³-hybridized carbons (Fsp3) is 1.00. The maximum atomic E-state index is 10.5. The first-order chi connectivity index (χ1) is 17.1. The summed E-state index contributed by atoms with van der Waals surface area (Å²) in [7, 11) is -5.84. The standard InChI is InChI=1S/C27H63NO6Si3/c1-11-15-28(16-12-2)23-26(30)24-32-19-14-22-37(10,33-27(3,4)5)34-36(9,25-35(6,7)8)21-13-18-31-20-17-29/h26,29-30H,11-25H2,1-10H3. The molecule has 0 fully saturated rings. The van der Waals surface area contributed by atoms with E-state index >= 15 is 0 Å². The molecule has 0 aliphatic carbocycles. The van der Waals surface area contributed by atoms with Crippen LogP contribution in [0.2, 0.25) is 50.5 Å². The lowest BCUT2D eigenvalue weighted by molar-refractivity contribution is 0.0159. The van der Waals surface area contributed by atoms with Crippen LogP contribution in [0.4, 0.5) is 0 Å². The third-order valence-electron chi connectivity index (χ3n) is 5.90. The summed E-state index contributed by atoms with van der Waals surface area (Å²) in [4.78, 5) is 2.32. The Hall–Kier alpha value is 0.371. The van der Waals surface area contributed by atoms with E-state index in [2.05, 4.69) is 72.3 Å². The normalized spacial score (nSPS) is 17.1. The van der Waals surface area contributed by atoms with Crippen molar-refractivity contribution >= 4 is 25.0 Å². The topological polar surface area (TPSA) is 80.6 Å². The summed E-state index contributed by atoms with van der Waals surface area (Å²) >= 11 is 0. The van der Waals surface area contributed by atoms with E-state index < -0.39 is 31.1 Å². The number of hydrogen-bond donors (Lipinski definition) is 2. The van der Waals surface area contributed by atoms with Crippen LogP contribution in [0, 0.1) is 0 Å². The van der Waals surface area contributed by atoms with E-state index in [0.717, 1.165) is 50.9 Å². The molecule has 0 saturated heterocycles. The highest BCUT2D eigenvalue weighted by molar-refractivity contribution is 6.95. The molecule has 0 radical (unpaired) electrons. The van der Waals surface area contributed by atoms with Crippen molar-refractivity contribution in [3.05, 3.63) is 0 Å². The highest BCUT2D eigenvalue weighted by atomic mass is 28.5. The zero-order valence-corrected chi connectivity index (χ0v) is 29.2. The van der Waals surface area contributed by atoms with Crippen molar-refractivity contribution in [3.8, 4) is 0 Å². The largest absolute Gasteiger partial charge is 0.436 e. The molecule has 0 spiro atoms. The van der Waals surface area contributed by atoms with Crippen LogP contribution < -0.4 is 0 Å². The van der Waals surface area contributed by atoms with Gasteiger partial charge in [0, 0.05) is 27.8 Å². The number of nitrogens with zero attached hydrogens (tertiary/aromatic N) is 1. The summed E-state index contributed by atoms with van der Waals surface area (Å²) in [6.45, 7) is 27.4. The van der Waals surface area contributed by atoms with Crippen LogP contribution >= 0.6 is 0 Å². The molecule has 0 rings (SSSR count). The number of rotatable bonds is 23. The Kier molecular flexibility index (Phi) is 18.9. The fourth-order valence-corrected chi connectivity index (χ4v) is 24.1. The Morgan fingerprint density at radius 3 is 1.92 bits per heavy atom. The molecule has 2 N–H and O–H groups in total. The number of ether oxygens (including phenoxy) is 2. The Balaban J connectivity index is 5.09. The van der Waals surface area contributed by atoms with Gasteiger partial charge in [0.15, 0.2) is 8.32 Å². The summed E-state index contributed by atoms with van der Waals surface area (Å²) in [5.41, 5.74) is 0.934. The maximum Gasteiger partial charge on any atom is 0.325 e. The Labute approximate surface area is 233 Å². The molecular weight excluding hydrogens is 519 g/mol. The number of aliphatic hydroxyl groups is 2. The van der Waals surface area contributed by atoms with Crippen LogP contribution in [0.5, 0.6) is 0 Å². The van der Waals surface area contributed by atoms with Gasteiger partial charge in [-0.05, 0) is 90.4 Å². The third kappa shape index (κ3) is 20.9. The van der Waals surface area contributed by atoms with E-state index in [1.54, 1.807) is 0 Å². The minimum absolute atomic E-state index is 0.0688. The first kappa shape index (κ1) is 37.4. The van der Waals surface area contributed by atoms with Crippen molar-refractivity contribution in [1.29, 1.82) is 0 Å². The molecule has 0 saturated carbocycles. The van der Waals surface area contributed by atoms with Crippen molar-refractivity contribution in [3.63, 3.8) is 0 Å². The summed E-state index contributed by atoms with van der Waals surface area (Å²) in [5, 5.41) is 19.5. The third-order valence-corrected chi connectivity index (χ3v) is 20.5. The van der Waals surface area contributed by atoms with Gasteiger partial charge in [0.25, 0.3) is 0 Å². The fourth-order valence-electron chi connectivity index (χ4n) is 5.30. The molecular formula is C27H63NO6Si3. The highest BCUT2D eigenvalue weighted by Crippen LogP contribution is 2.33. The average Bonchev–Trinajstić information content (AvgIpc) is 2.70. The molecule has 0 amide bonds. The lowest BCUT2D eigenvalue weighted by atomic mass is 10.2. The zero-order valence-electron chi connectivity index (χ0n) is 26.2. The van der Waals surface area contributed by atoms with Gasteiger partial charge in [-0.2, -0.15) is 0 Å². The van der Waals surface area contributed by atoms with Crippen LogP contribution in [0.3, 0.4) is 0 Å². The molecule has 0 aromatic rings. The van der Waals surface area contributed by atoms with Gasteiger partial charge < -0.3 is 33.1 Å². The smallest absolute Gasteiger partial charge is 0.325 e. The van der Waals surface area contributed by atoms with Gasteiger partial charge in [-0.15, -0.1) is 0 Å². The molecule has 0 aliphatic rings. The summed E-state index contributed by atoms with van der Waals surface area (Å²) in [5.74, 6) is 0. The molecule has 3 unspecified atom stereocenters. The SMILES string of the molecule is CCCN(CCC)CC(O)COCCC[Si](C)(OC(C)(C)C)O[Si](C)(CCCOCCO)C[Si](C)(C)C. The van der Waals surface area contributed by atoms with Crippen LogP contribution in [0.25, 0.3) is 0 Å². The van der Waals surface area contributed by atoms with Crippen LogP contribution in [-0.2, 0) is 18.0 Å². The van der Waals surface area contributed by atoms with Crippen LogP contribution in [0.15, 0.2) is 0 Å². The number of aliphatic hydroxyl groups excluding tert-OH is 2. The van der Waals surface area contributed by atoms with Crippen molar-refractivity contribution in [1.82, 2.24) is 4.90 Å². The molecule has 0 aliphatic heterocycles. The second kappa shape index (κ2) is 18.7. The van der Waals surface area contributed by atoms with E-state index in [4.69, 9.17) is 23.1 Å². The quantitative estimate of drug-likeness (QED) is 0.120. The molecule has 0 aromatic carbocycles. The second-order valence-corrected chi connectivity index (χ2v) is 26.9. The molecule has 7 nitrogen and oxygen atoms in total. The van der Waals surface area contributed by atoms with Gasteiger partial charge in [0.2, 0.25) is 0 Å². The first-order valence-corrected chi connectivity index (χ1v) is 23.7. The minimum Gasteiger partial charge on any atom is -0.436 e. The van der Waals surface area contributed by atoms with E-state index in [1.165, 1.54) is 5.67 Å². The molecule has 10 heteroatoms. The van der Waals surface area contributed by atoms with E-state index in [-0.39, 0.29) is 12.2 Å². The summed E-state index contributed by atoms with van der Waals surface area (Å²) < 4.78 is 25.4. The molecule has 3 atom stereocenters. The van der Waals surface area contributed by atoms with Gasteiger partial charge >= 0.3 is 8.56 Å². The second-order valence-electron chi connectivity index (χ2n) is 13.2. The molecule has 37 heavy (non-hydrogen) atoms. The van der Waals surface area contributed by atoms with Crippen molar-refractivity contribution in [2.24, 2.45) is 0 Å². The summed E-state index contributed by atoms with van der Waals surface area (Å²) in [6.07, 6.45) is 3.57. The predicted molar refractivity (Wildman–Crippen MR) is 164 cm³/mol. The Bertz CT molecular complexity index is 569. The van der Waals surface area contributed by atoms with E-state index in [0.29, 0.717) is 33.0 Å². The van der Waals surface area contributed by atoms with Gasteiger partial charge in [-0.1, -0.05) is 33.5 Å². The Morgan fingerprint density at radius 1 is 0.838 bits per heavy atom. The lowest BCUT2D eigenvalue weighted by Gasteiger charge is -2.43. The van der Waals surface area contributed by atoms with Crippen molar-refractivity contribution in [2.75, 3.05) is 52.7 Å². The lowest BCUT2D eigenvalue weighted by Crippen LogP contribution is -2.55. The van der Waals surface area contributed by atoms with Gasteiger partial charge in [0.05, 0.1) is 31.5 Å². The van der Waals surface area contributed by atoms with E-state index in [1.807, 2.05) is 0 Å². The van der Waals surface area contributed by atoms with Crippen molar-refractivity contribution in [2.45, 2.75) is 122 Å². The van der Waals surface area contributed by atoms with Gasteiger partial charge in [-0.25, -0.2) is 0 Å². The Morgan fingerprint density at radius 2 is 1.41 bits per heavy atom. The number of hydrogen-bond acceptors (Lipinski definition) is 7. The molecule has 224 valence electrons.